The van der Waals surface area contributed by atoms with Crippen molar-refractivity contribution in [1.82, 2.24) is 0 Å². The first kappa shape index (κ1) is 17.0. The number of aryl methyl sites for hydroxylation is 2. The number of esters is 1. The van der Waals surface area contributed by atoms with E-state index in [2.05, 4.69) is 5.32 Å². The number of fused-ring (bicyclic) bond motifs is 1. The lowest BCUT2D eigenvalue weighted by molar-refractivity contribution is -0.152. The normalized spacial score (nSPS) is 13.8. The molecule has 2 aromatic rings. The largest absolute Gasteiger partial charge is 0.508 e. The van der Waals surface area contributed by atoms with Crippen LogP contribution in [0.1, 0.15) is 30.0 Å². The monoisotopic (exact) mass is 339 g/mol. The lowest BCUT2D eigenvalue weighted by Crippen LogP contribution is -2.30. The molecule has 0 bridgehead atoms. The third-order valence-corrected chi connectivity index (χ3v) is 4.33. The molecule has 3 rings (SSSR count). The fourth-order valence-electron chi connectivity index (χ4n) is 2.97. The van der Waals surface area contributed by atoms with Crippen molar-refractivity contribution in [1.29, 1.82) is 0 Å². The molecule has 0 unspecified atom stereocenters. The molecule has 1 atom stereocenters. The highest BCUT2D eigenvalue weighted by molar-refractivity contribution is 5.95. The fraction of sp³-hybridized carbons (Fsp3) is 0.300. The number of rotatable bonds is 5. The molecule has 0 saturated heterocycles. The summed E-state index contributed by atoms with van der Waals surface area (Å²) in [5.74, 6) is -0.696. The van der Waals surface area contributed by atoms with E-state index >= 15 is 0 Å². The van der Waals surface area contributed by atoms with Gasteiger partial charge in [-0.2, -0.15) is 0 Å². The molecule has 0 saturated carbocycles. The second-order valence-electron chi connectivity index (χ2n) is 6.30. The summed E-state index contributed by atoms with van der Waals surface area (Å²) in [4.78, 5) is 24.2. The summed E-state index contributed by atoms with van der Waals surface area (Å²) in [6, 6.07) is 12.2. The number of carbonyl (C=O) groups is 2. The zero-order chi connectivity index (χ0) is 17.8. The lowest BCUT2D eigenvalue weighted by Gasteiger charge is -2.14. The van der Waals surface area contributed by atoms with Gasteiger partial charge in [-0.25, -0.2) is 0 Å². The molecule has 0 spiro atoms. The van der Waals surface area contributed by atoms with Crippen LogP contribution in [-0.2, 0) is 33.6 Å². The molecular formula is C20H21NO4. The highest BCUT2D eigenvalue weighted by Gasteiger charge is 2.19. The van der Waals surface area contributed by atoms with Crippen LogP contribution in [0.2, 0.25) is 0 Å². The third-order valence-electron chi connectivity index (χ3n) is 4.33. The Bertz CT molecular complexity index is 783. The number of ether oxygens (including phenoxy) is 1. The highest BCUT2D eigenvalue weighted by Crippen LogP contribution is 2.25. The molecule has 130 valence electrons. The van der Waals surface area contributed by atoms with E-state index in [1.807, 2.05) is 18.2 Å². The zero-order valence-electron chi connectivity index (χ0n) is 14.1. The predicted octanol–water partition coefficient (Wildman–Crippen LogP) is 2.99. The average molecular weight is 339 g/mol. The molecule has 1 amide bonds. The maximum atomic E-state index is 12.2. The molecule has 0 heterocycles. The smallest absolute Gasteiger partial charge is 0.311 e. The Balaban J connectivity index is 1.53. The number of amides is 1. The van der Waals surface area contributed by atoms with Crippen LogP contribution in [0.4, 0.5) is 5.69 Å². The molecule has 0 aromatic heterocycles. The van der Waals surface area contributed by atoms with Crippen LogP contribution < -0.4 is 5.32 Å². The summed E-state index contributed by atoms with van der Waals surface area (Å²) in [7, 11) is 0. The molecule has 2 N–H and O–H groups in total. The van der Waals surface area contributed by atoms with Gasteiger partial charge in [0.05, 0.1) is 6.42 Å². The van der Waals surface area contributed by atoms with E-state index in [9.17, 15) is 14.7 Å². The minimum atomic E-state index is -0.877. The van der Waals surface area contributed by atoms with E-state index < -0.39 is 12.1 Å². The SMILES string of the molecule is C[C@H](OC(=O)Cc1ccc(O)cc1)C(=O)Nc1ccc2c(c1)CCC2. The van der Waals surface area contributed by atoms with E-state index in [0.717, 1.165) is 24.9 Å². The Kier molecular flexibility index (Phi) is 5.03. The Labute approximate surface area is 146 Å². The van der Waals surface area contributed by atoms with Crippen molar-refractivity contribution in [3.05, 3.63) is 59.2 Å². The van der Waals surface area contributed by atoms with Crippen LogP contribution in [0.25, 0.3) is 0 Å². The second-order valence-corrected chi connectivity index (χ2v) is 6.30. The van der Waals surface area contributed by atoms with Crippen molar-refractivity contribution < 1.29 is 19.4 Å². The quantitative estimate of drug-likeness (QED) is 0.821. The Morgan fingerprint density at radius 3 is 2.60 bits per heavy atom. The molecule has 25 heavy (non-hydrogen) atoms. The van der Waals surface area contributed by atoms with Crippen molar-refractivity contribution in [2.24, 2.45) is 0 Å². The molecule has 0 fully saturated rings. The first-order chi connectivity index (χ1) is 12.0. The minimum Gasteiger partial charge on any atom is -0.508 e. The first-order valence-electron chi connectivity index (χ1n) is 8.41. The van der Waals surface area contributed by atoms with E-state index in [-0.39, 0.29) is 18.1 Å². The Hall–Kier alpha value is -2.82. The molecule has 5 nitrogen and oxygen atoms in total. The van der Waals surface area contributed by atoms with Crippen molar-refractivity contribution in [3.63, 3.8) is 0 Å². The number of carbonyl (C=O) groups excluding carboxylic acids is 2. The van der Waals surface area contributed by atoms with Crippen molar-refractivity contribution in [3.8, 4) is 5.75 Å². The molecule has 0 radical (unpaired) electrons. The van der Waals surface area contributed by atoms with E-state index in [1.165, 1.54) is 23.3 Å². The summed E-state index contributed by atoms with van der Waals surface area (Å²) < 4.78 is 5.20. The summed E-state index contributed by atoms with van der Waals surface area (Å²) in [6.45, 7) is 1.55. The molecule has 2 aromatic carbocycles. The fourth-order valence-corrected chi connectivity index (χ4v) is 2.97. The van der Waals surface area contributed by atoms with Gasteiger partial charge in [-0.05, 0) is 67.1 Å². The van der Waals surface area contributed by atoms with Gasteiger partial charge in [0.2, 0.25) is 0 Å². The summed E-state index contributed by atoms with van der Waals surface area (Å²) >= 11 is 0. The van der Waals surface area contributed by atoms with Crippen LogP contribution in [0.15, 0.2) is 42.5 Å². The molecule has 5 heteroatoms. The number of aromatic hydroxyl groups is 1. The van der Waals surface area contributed by atoms with Gasteiger partial charge in [-0.1, -0.05) is 18.2 Å². The Morgan fingerprint density at radius 2 is 1.84 bits per heavy atom. The molecule has 0 aliphatic heterocycles. The third kappa shape index (κ3) is 4.38. The van der Waals surface area contributed by atoms with E-state index in [4.69, 9.17) is 4.74 Å². The molecule has 1 aliphatic rings. The van der Waals surface area contributed by atoms with E-state index in [1.54, 1.807) is 19.1 Å². The van der Waals surface area contributed by atoms with Crippen LogP contribution in [0, 0.1) is 0 Å². The van der Waals surface area contributed by atoms with Gasteiger partial charge in [-0.3, -0.25) is 9.59 Å². The number of phenols is 1. The van der Waals surface area contributed by atoms with E-state index in [0.29, 0.717) is 5.56 Å². The van der Waals surface area contributed by atoms with Gasteiger partial charge >= 0.3 is 5.97 Å². The van der Waals surface area contributed by atoms with Gasteiger partial charge in [0.15, 0.2) is 6.10 Å². The van der Waals surface area contributed by atoms with Gasteiger partial charge < -0.3 is 15.2 Å². The van der Waals surface area contributed by atoms with Gasteiger partial charge in [0.25, 0.3) is 5.91 Å². The van der Waals surface area contributed by atoms with Crippen LogP contribution in [-0.4, -0.2) is 23.1 Å². The maximum absolute atomic E-state index is 12.2. The molecular weight excluding hydrogens is 318 g/mol. The average Bonchev–Trinajstić information content (AvgIpc) is 3.04. The highest BCUT2D eigenvalue weighted by atomic mass is 16.5. The summed E-state index contributed by atoms with van der Waals surface area (Å²) in [6.07, 6.45) is 2.46. The van der Waals surface area contributed by atoms with Crippen LogP contribution in [0.3, 0.4) is 0 Å². The van der Waals surface area contributed by atoms with Crippen molar-refractivity contribution in [2.75, 3.05) is 5.32 Å². The molecule has 1 aliphatic carbocycles. The van der Waals surface area contributed by atoms with Gasteiger partial charge in [0.1, 0.15) is 5.75 Å². The second kappa shape index (κ2) is 7.38. The zero-order valence-corrected chi connectivity index (χ0v) is 14.1. The number of benzene rings is 2. The van der Waals surface area contributed by atoms with Crippen molar-refractivity contribution in [2.45, 2.75) is 38.7 Å². The Morgan fingerprint density at radius 1 is 1.12 bits per heavy atom. The lowest BCUT2D eigenvalue weighted by atomic mass is 10.1. The first-order valence-corrected chi connectivity index (χ1v) is 8.41. The maximum Gasteiger partial charge on any atom is 0.311 e. The number of phenolic OH excluding ortho intramolecular Hbond substituents is 1. The summed E-state index contributed by atoms with van der Waals surface area (Å²) in [5, 5.41) is 12.0. The number of anilines is 1. The number of hydrogen-bond donors (Lipinski definition) is 2. The topological polar surface area (TPSA) is 75.6 Å². The summed E-state index contributed by atoms with van der Waals surface area (Å²) in [5.41, 5.74) is 4.06. The van der Waals surface area contributed by atoms with Crippen LogP contribution >= 0.6 is 0 Å². The predicted molar refractivity (Wildman–Crippen MR) is 94.5 cm³/mol. The number of hydrogen-bond acceptors (Lipinski definition) is 4. The van der Waals surface area contributed by atoms with Gasteiger partial charge in [-0.15, -0.1) is 0 Å². The van der Waals surface area contributed by atoms with Crippen molar-refractivity contribution >= 4 is 17.6 Å². The number of nitrogens with one attached hydrogen (secondary N) is 1. The van der Waals surface area contributed by atoms with Gasteiger partial charge in [0, 0.05) is 5.69 Å². The minimum absolute atomic E-state index is 0.0523. The standard InChI is InChI=1S/C20H21NO4/c1-13(25-19(23)11-14-5-9-18(22)10-6-14)20(24)21-17-8-7-15-3-2-4-16(15)12-17/h5-10,12-13,22H,2-4,11H2,1H3,(H,21,24)/t13-/m0/s1. The van der Waals surface area contributed by atoms with Crippen LogP contribution in [0.5, 0.6) is 5.75 Å².